The summed E-state index contributed by atoms with van der Waals surface area (Å²) in [5.41, 5.74) is 1.81. The van der Waals surface area contributed by atoms with Gasteiger partial charge < -0.3 is 10.2 Å². The van der Waals surface area contributed by atoms with Crippen molar-refractivity contribution in [3.05, 3.63) is 33.8 Å². The fraction of sp³-hybridized carbons (Fsp3) is 0.417. The smallest absolute Gasteiger partial charge is 0.253 e. The van der Waals surface area contributed by atoms with E-state index in [0.29, 0.717) is 6.54 Å². The van der Waals surface area contributed by atoms with Gasteiger partial charge >= 0.3 is 0 Å². The van der Waals surface area contributed by atoms with Crippen LogP contribution < -0.4 is 5.32 Å². The van der Waals surface area contributed by atoms with E-state index < -0.39 is 0 Å². The summed E-state index contributed by atoms with van der Waals surface area (Å²) in [6.45, 7) is 3.49. The van der Waals surface area contributed by atoms with E-state index >= 15 is 0 Å². The van der Waals surface area contributed by atoms with Crippen LogP contribution in [-0.4, -0.2) is 38.0 Å². The van der Waals surface area contributed by atoms with Crippen LogP contribution in [0.25, 0.3) is 0 Å². The zero-order valence-electron chi connectivity index (χ0n) is 9.88. The Morgan fingerprint density at radius 3 is 2.69 bits per heavy atom. The Kier molecular flexibility index (Phi) is 4.96. The molecule has 88 valence electrons. The molecule has 0 radical (unpaired) electrons. The SMILES string of the molecule is CNCCN(C)C(=O)c1cc(C)cc(Br)c1. The van der Waals surface area contributed by atoms with Gasteiger partial charge in [-0.3, -0.25) is 4.79 Å². The maximum absolute atomic E-state index is 12.0. The van der Waals surface area contributed by atoms with E-state index in [1.807, 2.05) is 39.2 Å². The first kappa shape index (κ1) is 13.2. The number of rotatable bonds is 4. The van der Waals surface area contributed by atoms with Crippen LogP contribution in [0.4, 0.5) is 0 Å². The van der Waals surface area contributed by atoms with Gasteiger partial charge in [0.15, 0.2) is 0 Å². The Morgan fingerprint density at radius 2 is 2.12 bits per heavy atom. The lowest BCUT2D eigenvalue weighted by atomic mass is 10.1. The van der Waals surface area contributed by atoms with Crippen LogP contribution in [0.5, 0.6) is 0 Å². The van der Waals surface area contributed by atoms with Crippen LogP contribution in [0.2, 0.25) is 0 Å². The van der Waals surface area contributed by atoms with Crippen molar-refractivity contribution in [1.29, 1.82) is 0 Å². The normalized spacial score (nSPS) is 10.2. The van der Waals surface area contributed by atoms with Crippen LogP contribution in [0.1, 0.15) is 15.9 Å². The van der Waals surface area contributed by atoms with Crippen molar-refractivity contribution in [2.75, 3.05) is 27.2 Å². The predicted molar refractivity (Wildman–Crippen MR) is 69.8 cm³/mol. The lowest BCUT2D eigenvalue weighted by Crippen LogP contribution is -2.32. The number of nitrogens with zero attached hydrogens (tertiary/aromatic N) is 1. The number of hydrogen-bond acceptors (Lipinski definition) is 2. The van der Waals surface area contributed by atoms with Gasteiger partial charge in [0.2, 0.25) is 0 Å². The number of halogens is 1. The maximum atomic E-state index is 12.0. The molecule has 0 bridgehead atoms. The fourth-order valence-corrected chi connectivity index (χ4v) is 2.07. The van der Waals surface area contributed by atoms with E-state index in [9.17, 15) is 4.79 Å². The largest absolute Gasteiger partial charge is 0.340 e. The number of carbonyl (C=O) groups is 1. The first-order valence-corrected chi connectivity index (χ1v) is 6.01. The van der Waals surface area contributed by atoms with Gasteiger partial charge in [0.25, 0.3) is 5.91 Å². The highest BCUT2D eigenvalue weighted by molar-refractivity contribution is 9.10. The summed E-state index contributed by atoms with van der Waals surface area (Å²) in [4.78, 5) is 13.8. The summed E-state index contributed by atoms with van der Waals surface area (Å²) >= 11 is 3.40. The van der Waals surface area contributed by atoms with Gasteiger partial charge in [0, 0.05) is 30.2 Å². The van der Waals surface area contributed by atoms with Gasteiger partial charge in [-0.1, -0.05) is 15.9 Å². The van der Waals surface area contributed by atoms with E-state index in [4.69, 9.17) is 0 Å². The van der Waals surface area contributed by atoms with Crippen molar-refractivity contribution in [2.24, 2.45) is 0 Å². The lowest BCUT2D eigenvalue weighted by Gasteiger charge is -2.17. The average Bonchev–Trinajstić information content (AvgIpc) is 2.23. The van der Waals surface area contributed by atoms with Gasteiger partial charge in [0.1, 0.15) is 0 Å². The molecule has 1 aromatic rings. The van der Waals surface area contributed by atoms with Crippen molar-refractivity contribution < 1.29 is 4.79 Å². The van der Waals surface area contributed by atoms with Gasteiger partial charge in [0.05, 0.1) is 0 Å². The lowest BCUT2D eigenvalue weighted by molar-refractivity contribution is 0.0796. The molecule has 1 rings (SSSR count). The molecule has 1 N–H and O–H groups in total. The number of carbonyl (C=O) groups excluding carboxylic acids is 1. The highest BCUT2D eigenvalue weighted by atomic mass is 79.9. The van der Waals surface area contributed by atoms with Crippen molar-refractivity contribution >= 4 is 21.8 Å². The van der Waals surface area contributed by atoms with Crippen molar-refractivity contribution in [3.63, 3.8) is 0 Å². The van der Waals surface area contributed by atoms with E-state index in [2.05, 4.69) is 21.2 Å². The number of nitrogens with one attached hydrogen (secondary N) is 1. The van der Waals surface area contributed by atoms with Gasteiger partial charge in [-0.15, -0.1) is 0 Å². The molecule has 0 saturated heterocycles. The molecule has 3 nitrogen and oxygen atoms in total. The molecule has 0 saturated carbocycles. The van der Waals surface area contributed by atoms with Crippen LogP contribution in [0.3, 0.4) is 0 Å². The second-order valence-corrected chi connectivity index (χ2v) is 4.76. The summed E-state index contributed by atoms with van der Waals surface area (Å²) in [6.07, 6.45) is 0. The molecule has 16 heavy (non-hydrogen) atoms. The molecule has 0 aliphatic carbocycles. The number of benzene rings is 1. The topological polar surface area (TPSA) is 32.3 Å². The fourth-order valence-electron chi connectivity index (χ4n) is 1.46. The predicted octanol–water partition coefficient (Wildman–Crippen LogP) is 2.05. The Balaban J connectivity index is 2.79. The molecule has 0 fully saturated rings. The molecule has 1 amide bonds. The van der Waals surface area contributed by atoms with Crippen LogP contribution in [0, 0.1) is 6.92 Å². The van der Waals surface area contributed by atoms with Gasteiger partial charge in [-0.05, 0) is 37.7 Å². The van der Waals surface area contributed by atoms with Crippen LogP contribution in [0.15, 0.2) is 22.7 Å². The summed E-state index contributed by atoms with van der Waals surface area (Å²) < 4.78 is 0.942. The summed E-state index contributed by atoms with van der Waals surface area (Å²) in [6, 6.07) is 5.75. The molecule has 0 heterocycles. The van der Waals surface area contributed by atoms with E-state index in [1.54, 1.807) is 4.90 Å². The average molecular weight is 285 g/mol. The third-order valence-electron chi connectivity index (χ3n) is 2.33. The zero-order valence-corrected chi connectivity index (χ0v) is 11.5. The van der Waals surface area contributed by atoms with E-state index in [1.165, 1.54) is 0 Å². The second kappa shape index (κ2) is 6.01. The number of likely N-dealkylation sites (N-methyl/N-ethyl adjacent to an activating group) is 2. The second-order valence-electron chi connectivity index (χ2n) is 3.85. The minimum Gasteiger partial charge on any atom is -0.340 e. The van der Waals surface area contributed by atoms with Crippen LogP contribution in [-0.2, 0) is 0 Å². The van der Waals surface area contributed by atoms with Crippen LogP contribution >= 0.6 is 15.9 Å². The molecule has 0 atom stereocenters. The van der Waals surface area contributed by atoms with Gasteiger partial charge in [-0.25, -0.2) is 0 Å². The van der Waals surface area contributed by atoms with Crippen molar-refractivity contribution in [3.8, 4) is 0 Å². The third kappa shape index (κ3) is 3.61. The molecular formula is C12H17BrN2O. The molecule has 1 aromatic carbocycles. The van der Waals surface area contributed by atoms with Crippen molar-refractivity contribution in [2.45, 2.75) is 6.92 Å². The molecule has 0 aliphatic rings. The molecule has 0 aromatic heterocycles. The highest BCUT2D eigenvalue weighted by Crippen LogP contribution is 2.16. The molecule has 0 spiro atoms. The van der Waals surface area contributed by atoms with Gasteiger partial charge in [-0.2, -0.15) is 0 Å². The highest BCUT2D eigenvalue weighted by Gasteiger charge is 2.11. The monoisotopic (exact) mass is 284 g/mol. The molecule has 0 unspecified atom stereocenters. The molecule has 0 aliphatic heterocycles. The Morgan fingerprint density at radius 1 is 1.44 bits per heavy atom. The number of amides is 1. The summed E-state index contributed by atoms with van der Waals surface area (Å²) in [7, 11) is 3.69. The first-order valence-electron chi connectivity index (χ1n) is 5.22. The Labute approximate surface area is 105 Å². The minimum absolute atomic E-state index is 0.0552. The zero-order chi connectivity index (χ0) is 12.1. The molecular weight excluding hydrogens is 268 g/mol. The number of hydrogen-bond donors (Lipinski definition) is 1. The minimum atomic E-state index is 0.0552. The third-order valence-corrected chi connectivity index (χ3v) is 2.79. The Bertz CT molecular complexity index is 359. The van der Waals surface area contributed by atoms with E-state index in [0.717, 1.165) is 22.1 Å². The summed E-state index contributed by atoms with van der Waals surface area (Å²) in [5, 5.41) is 3.02. The van der Waals surface area contributed by atoms with Crippen molar-refractivity contribution in [1.82, 2.24) is 10.2 Å². The first-order chi connectivity index (χ1) is 7.54. The number of aryl methyl sites for hydroxylation is 1. The maximum Gasteiger partial charge on any atom is 0.253 e. The Hall–Kier alpha value is -0.870. The standard InChI is InChI=1S/C12H17BrN2O/c1-9-6-10(8-11(13)7-9)12(16)15(3)5-4-14-2/h6-8,14H,4-5H2,1-3H3. The van der Waals surface area contributed by atoms with E-state index in [-0.39, 0.29) is 5.91 Å². The quantitative estimate of drug-likeness (QED) is 0.918. The molecule has 4 heteroatoms. The summed E-state index contributed by atoms with van der Waals surface area (Å²) in [5.74, 6) is 0.0552.